The maximum absolute atomic E-state index is 12.8. The molecule has 0 aromatic heterocycles. The maximum atomic E-state index is 12.8. The standard InChI is InChI=1S/C20H21FN2O5S/c1-13(24)22-15-5-8-18(27-2)17(11-15)23-19(25)12-28-20(26)9-10-29-16-6-3-14(21)4-7-16/h3-8,11H,9-10,12H2,1-2H3,(H,22,24)(H,23,25). The number of carbonyl (C=O) groups is 3. The molecule has 29 heavy (non-hydrogen) atoms. The molecule has 2 aromatic rings. The first kappa shape index (κ1) is 22.2. The largest absolute Gasteiger partial charge is 0.495 e. The molecule has 0 aliphatic rings. The monoisotopic (exact) mass is 420 g/mol. The lowest BCUT2D eigenvalue weighted by molar-refractivity contribution is -0.146. The van der Waals surface area contributed by atoms with Gasteiger partial charge in [-0.05, 0) is 42.5 Å². The summed E-state index contributed by atoms with van der Waals surface area (Å²) in [5, 5.41) is 5.19. The molecule has 0 spiro atoms. The van der Waals surface area contributed by atoms with Gasteiger partial charge in [0.25, 0.3) is 5.91 Å². The number of carbonyl (C=O) groups excluding carboxylic acids is 3. The Bertz CT molecular complexity index is 874. The van der Waals surface area contributed by atoms with Gasteiger partial charge in [-0.25, -0.2) is 4.39 Å². The molecule has 0 aliphatic heterocycles. The topological polar surface area (TPSA) is 93.7 Å². The zero-order chi connectivity index (χ0) is 21.2. The predicted molar refractivity (Wildman–Crippen MR) is 109 cm³/mol. The Kier molecular flexibility index (Phi) is 8.47. The quantitative estimate of drug-likeness (QED) is 0.477. The fraction of sp³-hybridized carbons (Fsp3) is 0.250. The minimum absolute atomic E-state index is 0.108. The summed E-state index contributed by atoms with van der Waals surface area (Å²) in [5.41, 5.74) is 0.829. The van der Waals surface area contributed by atoms with Crippen LogP contribution in [0.1, 0.15) is 13.3 Å². The van der Waals surface area contributed by atoms with Crippen molar-refractivity contribution in [2.45, 2.75) is 18.2 Å². The first-order valence-electron chi connectivity index (χ1n) is 8.67. The normalized spacial score (nSPS) is 10.2. The molecule has 2 amide bonds. The second-order valence-electron chi connectivity index (χ2n) is 5.86. The number of nitrogens with one attached hydrogen (secondary N) is 2. The molecule has 0 saturated heterocycles. The predicted octanol–water partition coefficient (Wildman–Crippen LogP) is 3.46. The molecular formula is C20H21FN2O5S. The van der Waals surface area contributed by atoms with Crippen molar-refractivity contribution >= 4 is 40.9 Å². The minimum Gasteiger partial charge on any atom is -0.495 e. The van der Waals surface area contributed by atoms with E-state index in [0.29, 0.717) is 22.9 Å². The van der Waals surface area contributed by atoms with Gasteiger partial charge in [-0.2, -0.15) is 0 Å². The SMILES string of the molecule is COc1ccc(NC(C)=O)cc1NC(=O)COC(=O)CCSc1ccc(F)cc1. The number of anilines is 2. The number of methoxy groups -OCH3 is 1. The van der Waals surface area contributed by atoms with E-state index in [-0.39, 0.29) is 18.1 Å². The molecule has 0 fully saturated rings. The van der Waals surface area contributed by atoms with Crippen molar-refractivity contribution in [1.82, 2.24) is 0 Å². The van der Waals surface area contributed by atoms with E-state index in [0.717, 1.165) is 4.90 Å². The zero-order valence-corrected chi connectivity index (χ0v) is 16.8. The molecule has 0 atom stereocenters. The number of rotatable bonds is 9. The second kappa shape index (κ2) is 11.1. The fourth-order valence-corrected chi connectivity index (χ4v) is 3.11. The lowest BCUT2D eigenvalue weighted by atomic mass is 10.2. The van der Waals surface area contributed by atoms with Crippen LogP contribution in [0.2, 0.25) is 0 Å². The van der Waals surface area contributed by atoms with E-state index in [9.17, 15) is 18.8 Å². The van der Waals surface area contributed by atoms with Crippen LogP contribution < -0.4 is 15.4 Å². The van der Waals surface area contributed by atoms with Gasteiger partial charge in [-0.3, -0.25) is 14.4 Å². The summed E-state index contributed by atoms with van der Waals surface area (Å²) in [6.07, 6.45) is 0.108. The zero-order valence-electron chi connectivity index (χ0n) is 16.0. The van der Waals surface area contributed by atoms with Crippen LogP contribution in [-0.2, 0) is 19.1 Å². The van der Waals surface area contributed by atoms with E-state index in [2.05, 4.69) is 10.6 Å². The van der Waals surface area contributed by atoms with Crippen LogP contribution in [0.25, 0.3) is 0 Å². The molecule has 0 saturated carbocycles. The van der Waals surface area contributed by atoms with Crippen molar-refractivity contribution in [3.63, 3.8) is 0 Å². The Balaban J connectivity index is 1.79. The van der Waals surface area contributed by atoms with E-state index in [4.69, 9.17) is 9.47 Å². The molecule has 0 aliphatic carbocycles. The van der Waals surface area contributed by atoms with Gasteiger partial charge in [0.15, 0.2) is 6.61 Å². The van der Waals surface area contributed by atoms with Gasteiger partial charge >= 0.3 is 5.97 Å². The summed E-state index contributed by atoms with van der Waals surface area (Å²) in [4.78, 5) is 35.9. The number of hydrogen-bond acceptors (Lipinski definition) is 6. The number of benzene rings is 2. The number of thioether (sulfide) groups is 1. The van der Waals surface area contributed by atoms with Crippen LogP contribution in [0.3, 0.4) is 0 Å². The smallest absolute Gasteiger partial charge is 0.307 e. The van der Waals surface area contributed by atoms with Crippen LogP contribution >= 0.6 is 11.8 Å². The van der Waals surface area contributed by atoms with Gasteiger partial charge in [-0.1, -0.05) is 0 Å². The van der Waals surface area contributed by atoms with Crippen LogP contribution in [0, 0.1) is 5.82 Å². The average molecular weight is 420 g/mol. The van der Waals surface area contributed by atoms with E-state index in [1.54, 1.807) is 30.3 Å². The molecule has 0 radical (unpaired) electrons. The third kappa shape index (κ3) is 7.82. The molecule has 9 heteroatoms. The Morgan fingerprint density at radius 1 is 1.07 bits per heavy atom. The van der Waals surface area contributed by atoms with Gasteiger partial charge in [0.05, 0.1) is 19.2 Å². The molecular weight excluding hydrogens is 399 g/mol. The molecule has 2 rings (SSSR count). The van der Waals surface area contributed by atoms with Gasteiger partial charge in [0.1, 0.15) is 11.6 Å². The summed E-state index contributed by atoms with van der Waals surface area (Å²) in [7, 11) is 1.45. The molecule has 154 valence electrons. The molecule has 0 heterocycles. The summed E-state index contributed by atoms with van der Waals surface area (Å²) in [6.45, 7) is 0.921. The third-order valence-electron chi connectivity index (χ3n) is 3.55. The number of halogens is 1. The molecule has 2 aromatic carbocycles. The van der Waals surface area contributed by atoms with E-state index >= 15 is 0 Å². The summed E-state index contributed by atoms with van der Waals surface area (Å²) >= 11 is 1.39. The highest BCUT2D eigenvalue weighted by Crippen LogP contribution is 2.27. The van der Waals surface area contributed by atoms with Crippen LogP contribution in [0.15, 0.2) is 47.4 Å². The van der Waals surface area contributed by atoms with Crippen LogP contribution in [0.4, 0.5) is 15.8 Å². The van der Waals surface area contributed by atoms with E-state index in [1.807, 2.05) is 0 Å². The lowest BCUT2D eigenvalue weighted by Gasteiger charge is -2.12. The number of esters is 1. The molecule has 2 N–H and O–H groups in total. The minimum atomic E-state index is -0.539. The third-order valence-corrected chi connectivity index (χ3v) is 4.56. The van der Waals surface area contributed by atoms with Crippen LogP contribution in [-0.4, -0.2) is 37.3 Å². The Morgan fingerprint density at radius 3 is 2.45 bits per heavy atom. The second-order valence-corrected chi connectivity index (χ2v) is 7.03. The van der Waals surface area contributed by atoms with Crippen molar-refractivity contribution in [2.75, 3.05) is 30.1 Å². The number of hydrogen-bond donors (Lipinski definition) is 2. The summed E-state index contributed by atoms with van der Waals surface area (Å²) < 4.78 is 23.0. The summed E-state index contributed by atoms with van der Waals surface area (Å²) in [5.74, 6) is -0.788. The van der Waals surface area contributed by atoms with Gasteiger partial charge < -0.3 is 20.1 Å². The Hall–Kier alpha value is -3.07. The van der Waals surface area contributed by atoms with Crippen LogP contribution in [0.5, 0.6) is 5.75 Å². The van der Waals surface area contributed by atoms with Crippen molar-refractivity contribution in [3.05, 3.63) is 48.3 Å². The Morgan fingerprint density at radius 2 is 1.79 bits per heavy atom. The molecule has 0 bridgehead atoms. The van der Waals surface area contributed by atoms with E-state index in [1.165, 1.54) is 37.9 Å². The number of ether oxygens (including phenoxy) is 2. The van der Waals surface area contributed by atoms with Gasteiger partial charge in [-0.15, -0.1) is 11.8 Å². The maximum Gasteiger partial charge on any atom is 0.307 e. The highest BCUT2D eigenvalue weighted by molar-refractivity contribution is 7.99. The van der Waals surface area contributed by atoms with Crippen molar-refractivity contribution in [3.8, 4) is 5.75 Å². The van der Waals surface area contributed by atoms with Crippen molar-refractivity contribution in [1.29, 1.82) is 0 Å². The number of amides is 2. The highest BCUT2D eigenvalue weighted by atomic mass is 32.2. The Labute approximate surface area is 172 Å². The van der Waals surface area contributed by atoms with Gasteiger partial charge in [0.2, 0.25) is 5.91 Å². The van der Waals surface area contributed by atoms with Crippen molar-refractivity contribution in [2.24, 2.45) is 0 Å². The summed E-state index contributed by atoms with van der Waals surface area (Å²) in [6, 6.07) is 10.7. The van der Waals surface area contributed by atoms with Gasteiger partial charge in [0, 0.05) is 23.3 Å². The highest BCUT2D eigenvalue weighted by Gasteiger charge is 2.12. The molecule has 0 unspecified atom stereocenters. The molecule has 7 nitrogen and oxygen atoms in total. The first-order chi connectivity index (χ1) is 13.9. The van der Waals surface area contributed by atoms with Crippen molar-refractivity contribution < 1.29 is 28.2 Å². The van der Waals surface area contributed by atoms with E-state index < -0.39 is 18.5 Å². The average Bonchev–Trinajstić information content (AvgIpc) is 2.68. The first-order valence-corrected chi connectivity index (χ1v) is 9.65. The fourth-order valence-electron chi connectivity index (χ4n) is 2.27. The lowest BCUT2D eigenvalue weighted by Crippen LogP contribution is -2.21.